The van der Waals surface area contributed by atoms with Crippen LogP contribution in [0.15, 0.2) is 0 Å². The largest absolute Gasteiger partial charge is 0.390 e. The van der Waals surface area contributed by atoms with Crippen LogP contribution in [0.3, 0.4) is 0 Å². The highest BCUT2D eigenvalue weighted by Crippen LogP contribution is 2.47. The Morgan fingerprint density at radius 1 is 1.14 bits per heavy atom. The number of hydrogen-bond donors (Lipinski definition) is 1. The van der Waals surface area contributed by atoms with Crippen LogP contribution in [0, 0.1) is 5.41 Å². The molecule has 1 saturated heterocycles. The number of likely N-dealkylation sites (tertiary alicyclic amines) is 1. The molecule has 1 amide bonds. The van der Waals surface area contributed by atoms with Crippen molar-refractivity contribution in [2.24, 2.45) is 5.41 Å². The Morgan fingerprint density at radius 2 is 1.64 bits per heavy atom. The first-order valence-electron chi connectivity index (χ1n) is 5.45. The third-order valence-electron chi connectivity index (χ3n) is 3.64. The number of piperidine rings is 1. The maximum absolute atomic E-state index is 11.9. The highest BCUT2D eigenvalue weighted by molar-refractivity contribution is 5.85. The molecule has 0 aromatic heterocycles. The molecule has 1 saturated carbocycles. The van der Waals surface area contributed by atoms with E-state index in [4.69, 9.17) is 0 Å². The zero-order chi connectivity index (χ0) is 10.4. The molecule has 0 aromatic carbocycles. The Labute approximate surface area is 85.1 Å². The summed E-state index contributed by atoms with van der Waals surface area (Å²) in [5.74, 6) is 0.299. The number of amides is 1. The molecule has 0 unspecified atom stereocenters. The van der Waals surface area contributed by atoms with Crippen LogP contribution in [0.4, 0.5) is 0 Å². The second kappa shape index (κ2) is 2.96. The van der Waals surface area contributed by atoms with Gasteiger partial charge in [0.05, 0.1) is 5.60 Å². The van der Waals surface area contributed by atoms with Gasteiger partial charge in [0.15, 0.2) is 0 Å². The molecule has 0 radical (unpaired) electrons. The number of hydrogen-bond acceptors (Lipinski definition) is 2. The first-order valence-corrected chi connectivity index (χ1v) is 5.45. The smallest absolute Gasteiger partial charge is 0.228 e. The van der Waals surface area contributed by atoms with Gasteiger partial charge in [0.25, 0.3) is 0 Å². The van der Waals surface area contributed by atoms with Crippen molar-refractivity contribution < 1.29 is 9.90 Å². The van der Waals surface area contributed by atoms with Gasteiger partial charge in [-0.05, 0) is 32.6 Å². The molecule has 0 spiro atoms. The molecular formula is C11H19NO2. The lowest BCUT2D eigenvalue weighted by molar-refractivity contribution is -0.140. The van der Waals surface area contributed by atoms with Gasteiger partial charge in [-0.3, -0.25) is 4.79 Å². The van der Waals surface area contributed by atoms with E-state index < -0.39 is 5.60 Å². The fourth-order valence-electron chi connectivity index (χ4n) is 1.97. The van der Waals surface area contributed by atoms with E-state index in [0.717, 1.165) is 38.8 Å². The molecule has 0 atom stereocenters. The summed E-state index contributed by atoms with van der Waals surface area (Å²) in [7, 11) is 0. The van der Waals surface area contributed by atoms with Gasteiger partial charge in [0.1, 0.15) is 0 Å². The molecule has 0 aromatic rings. The van der Waals surface area contributed by atoms with Gasteiger partial charge >= 0.3 is 0 Å². The number of rotatable bonds is 1. The first kappa shape index (κ1) is 9.97. The second-order valence-corrected chi connectivity index (χ2v) is 5.35. The lowest BCUT2D eigenvalue weighted by atomic mass is 9.93. The molecule has 3 nitrogen and oxygen atoms in total. The lowest BCUT2D eigenvalue weighted by Crippen LogP contribution is -2.47. The monoisotopic (exact) mass is 197 g/mol. The van der Waals surface area contributed by atoms with E-state index in [1.807, 2.05) is 18.7 Å². The minimum absolute atomic E-state index is 0.0524. The molecular weight excluding hydrogens is 178 g/mol. The third kappa shape index (κ3) is 1.78. The minimum atomic E-state index is -0.554. The molecule has 1 N–H and O–H groups in total. The van der Waals surface area contributed by atoms with Crippen molar-refractivity contribution >= 4 is 5.91 Å². The summed E-state index contributed by atoms with van der Waals surface area (Å²) < 4.78 is 0. The van der Waals surface area contributed by atoms with Gasteiger partial charge in [0.2, 0.25) is 5.91 Å². The lowest BCUT2D eigenvalue weighted by Gasteiger charge is -2.37. The Balaban J connectivity index is 1.92. The van der Waals surface area contributed by atoms with E-state index in [0.29, 0.717) is 5.91 Å². The Bertz CT molecular complexity index is 246. The normalized spacial score (nSPS) is 28.6. The van der Waals surface area contributed by atoms with Gasteiger partial charge in [-0.15, -0.1) is 0 Å². The summed E-state index contributed by atoms with van der Waals surface area (Å²) in [5, 5.41) is 9.75. The number of nitrogens with zero attached hydrogens (tertiary/aromatic N) is 1. The molecule has 1 heterocycles. The summed E-state index contributed by atoms with van der Waals surface area (Å²) in [6.07, 6.45) is 3.51. The van der Waals surface area contributed by atoms with Crippen LogP contribution >= 0.6 is 0 Å². The predicted molar refractivity (Wildman–Crippen MR) is 53.8 cm³/mol. The van der Waals surface area contributed by atoms with Crippen molar-refractivity contribution in [1.82, 2.24) is 4.90 Å². The molecule has 0 bridgehead atoms. The van der Waals surface area contributed by atoms with Crippen LogP contribution in [0.1, 0.15) is 39.5 Å². The number of aliphatic hydroxyl groups is 1. The van der Waals surface area contributed by atoms with E-state index in [9.17, 15) is 9.90 Å². The van der Waals surface area contributed by atoms with Crippen LogP contribution in [0.2, 0.25) is 0 Å². The maximum atomic E-state index is 11.9. The summed E-state index contributed by atoms with van der Waals surface area (Å²) >= 11 is 0. The van der Waals surface area contributed by atoms with Crippen molar-refractivity contribution in [1.29, 1.82) is 0 Å². The Hall–Kier alpha value is -0.570. The quantitative estimate of drug-likeness (QED) is 0.685. The van der Waals surface area contributed by atoms with E-state index in [1.165, 1.54) is 0 Å². The highest BCUT2D eigenvalue weighted by atomic mass is 16.3. The second-order valence-electron chi connectivity index (χ2n) is 5.35. The third-order valence-corrected chi connectivity index (χ3v) is 3.64. The number of carbonyl (C=O) groups excluding carboxylic acids is 1. The van der Waals surface area contributed by atoms with Crippen LogP contribution < -0.4 is 0 Å². The van der Waals surface area contributed by atoms with Crippen LogP contribution in [0.5, 0.6) is 0 Å². The van der Waals surface area contributed by atoms with E-state index >= 15 is 0 Å². The van der Waals surface area contributed by atoms with E-state index in [1.54, 1.807) is 0 Å². The summed E-state index contributed by atoms with van der Waals surface area (Å²) in [4.78, 5) is 13.9. The summed E-state index contributed by atoms with van der Waals surface area (Å²) in [5.41, 5.74) is -0.607. The van der Waals surface area contributed by atoms with Gasteiger partial charge < -0.3 is 10.0 Å². The zero-order valence-electron chi connectivity index (χ0n) is 9.05. The molecule has 1 aliphatic carbocycles. The molecule has 80 valence electrons. The highest BCUT2D eigenvalue weighted by Gasteiger charge is 2.47. The van der Waals surface area contributed by atoms with Crippen molar-refractivity contribution in [3.05, 3.63) is 0 Å². The van der Waals surface area contributed by atoms with Crippen LogP contribution in [-0.4, -0.2) is 34.6 Å². The Morgan fingerprint density at radius 3 is 2.07 bits per heavy atom. The fraction of sp³-hybridized carbons (Fsp3) is 0.909. The molecule has 2 aliphatic rings. The predicted octanol–water partition coefficient (Wildman–Crippen LogP) is 1.16. The molecule has 3 heteroatoms. The van der Waals surface area contributed by atoms with E-state index in [2.05, 4.69) is 0 Å². The fourth-order valence-corrected chi connectivity index (χ4v) is 1.97. The topological polar surface area (TPSA) is 40.5 Å². The van der Waals surface area contributed by atoms with E-state index in [-0.39, 0.29) is 5.41 Å². The van der Waals surface area contributed by atoms with Gasteiger partial charge in [-0.1, -0.05) is 6.92 Å². The average Bonchev–Trinajstić information content (AvgIpc) is 2.84. The van der Waals surface area contributed by atoms with Crippen LogP contribution in [0.25, 0.3) is 0 Å². The van der Waals surface area contributed by atoms with Crippen LogP contribution in [-0.2, 0) is 4.79 Å². The van der Waals surface area contributed by atoms with Crippen molar-refractivity contribution in [2.75, 3.05) is 13.1 Å². The summed E-state index contributed by atoms with van der Waals surface area (Å²) in [6, 6.07) is 0. The van der Waals surface area contributed by atoms with Gasteiger partial charge in [-0.2, -0.15) is 0 Å². The number of carbonyl (C=O) groups is 1. The molecule has 14 heavy (non-hydrogen) atoms. The Kier molecular flexibility index (Phi) is 2.11. The van der Waals surface area contributed by atoms with Crippen molar-refractivity contribution in [2.45, 2.75) is 45.1 Å². The zero-order valence-corrected chi connectivity index (χ0v) is 9.05. The maximum Gasteiger partial charge on any atom is 0.228 e. The molecule has 2 rings (SSSR count). The SMILES string of the molecule is CC1(O)CCN(C(=O)C2(C)CC2)CC1. The van der Waals surface area contributed by atoms with Gasteiger partial charge in [0, 0.05) is 18.5 Å². The summed E-state index contributed by atoms with van der Waals surface area (Å²) in [6.45, 7) is 5.35. The average molecular weight is 197 g/mol. The van der Waals surface area contributed by atoms with Gasteiger partial charge in [-0.25, -0.2) is 0 Å². The molecule has 1 aliphatic heterocycles. The van der Waals surface area contributed by atoms with Crippen molar-refractivity contribution in [3.8, 4) is 0 Å². The molecule has 2 fully saturated rings. The first-order chi connectivity index (χ1) is 6.43. The standard InChI is InChI=1S/C11H19NO2/c1-10(3-4-10)9(13)12-7-5-11(2,14)6-8-12/h14H,3-8H2,1-2H3. The minimum Gasteiger partial charge on any atom is -0.390 e. The van der Waals surface area contributed by atoms with Crippen molar-refractivity contribution in [3.63, 3.8) is 0 Å².